The molecule has 8 unspecified atom stereocenters. The summed E-state index contributed by atoms with van der Waals surface area (Å²) in [6.45, 7) is 5.50. The number of nitrogens with one attached hydrogen (secondary N) is 1. The molecule has 1 heterocycles. The molecular formula is C72H117NO10. The number of aliphatic hydroxyl groups excluding tert-OH is 5. The van der Waals surface area contributed by atoms with E-state index in [9.17, 15) is 35.1 Å². The number of ether oxygens (including phenoxy) is 3. The molecule has 0 aromatic carbocycles. The molecule has 1 amide bonds. The van der Waals surface area contributed by atoms with E-state index in [2.05, 4.69) is 148 Å². The lowest BCUT2D eigenvalue weighted by atomic mass is 9.99. The number of hydrogen-bond donors (Lipinski definition) is 6. The molecule has 0 spiro atoms. The van der Waals surface area contributed by atoms with Crippen LogP contribution in [0.25, 0.3) is 0 Å². The molecule has 0 aromatic rings. The molecule has 83 heavy (non-hydrogen) atoms. The third-order valence-corrected chi connectivity index (χ3v) is 14.2. The second-order valence-electron chi connectivity index (χ2n) is 21.7. The van der Waals surface area contributed by atoms with Crippen molar-refractivity contribution in [2.75, 3.05) is 13.2 Å². The van der Waals surface area contributed by atoms with Gasteiger partial charge in [-0.3, -0.25) is 9.59 Å². The van der Waals surface area contributed by atoms with Gasteiger partial charge < -0.3 is 45.1 Å². The van der Waals surface area contributed by atoms with Gasteiger partial charge in [0.15, 0.2) is 12.4 Å². The lowest BCUT2D eigenvalue weighted by Gasteiger charge is -2.41. The Labute approximate surface area is 505 Å². The molecular weight excluding hydrogens is 1040 g/mol. The maximum atomic E-state index is 13.5. The SMILES string of the molecule is CC/C=C\C/C=C\C/C=C\C/C=C\C/C=C\C/C=C\CCCCCCCCCC(O)C(=O)NC(COC1OC(CO)C(O)C(O)C1OC(=O)CCC/C=C\C/C=C\C/C=C\C/C=C\C/C=C\CC)C(O)/C=C/CCCCCCCCCCC. The molecule has 11 heteroatoms. The lowest BCUT2D eigenvalue weighted by Crippen LogP contribution is -2.61. The van der Waals surface area contributed by atoms with E-state index in [0.717, 1.165) is 141 Å². The van der Waals surface area contributed by atoms with Crippen molar-refractivity contribution in [1.29, 1.82) is 0 Å². The van der Waals surface area contributed by atoms with Gasteiger partial charge in [-0.2, -0.15) is 0 Å². The number of allylic oxidation sites excluding steroid dienone is 23. The van der Waals surface area contributed by atoms with E-state index in [1.165, 1.54) is 38.5 Å². The molecule has 0 saturated carbocycles. The van der Waals surface area contributed by atoms with Crippen molar-refractivity contribution in [3.8, 4) is 0 Å². The first-order valence-electron chi connectivity index (χ1n) is 32.6. The zero-order valence-corrected chi connectivity index (χ0v) is 52.0. The normalized spacial score (nSPS) is 19.5. The molecule has 0 aromatic heterocycles. The quantitative estimate of drug-likeness (QED) is 0.0195. The Morgan fingerprint density at radius 3 is 1.30 bits per heavy atom. The van der Waals surface area contributed by atoms with E-state index in [0.29, 0.717) is 19.3 Å². The summed E-state index contributed by atoms with van der Waals surface area (Å²) in [7, 11) is 0. The highest BCUT2D eigenvalue weighted by molar-refractivity contribution is 5.80. The fourth-order valence-electron chi connectivity index (χ4n) is 9.16. The highest BCUT2D eigenvalue weighted by Crippen LogP contribution is 2.26. The topological polar surface area (TPSA) is 175 Å². The number of carbonyl (C=O) groups is 2. The molecule has 1 saturated heterocycles. The standard InChI is InChI=1S/C72H117NO10/c1-4-7-10-13-16-19-22-24-26-28-29-30-31-32-33-34-35-36-38-39-41-44-47-50-53-56-59-65(76)71(80)73-63(64(75)58-55-52-49-46-43-21-18-15-12-9-6-3)62-81-72-70(69(79)68(78)66(61-74)82-72)83-67(77)60-57-54-51-48-45-42-40-37-27-25-23-20-17-14-11-8-5-2/h7-8,10-11,16-17,19-20,24-27,29-30,32-33,35-36,40,42,48,51,55,58,63-66,68-70,72,74-76,78-79H,4-6,9,12-15,18,21-23,28,31,34,37-39,41,43-47,49-50,52-54,56-57,59-62H2,1-3H3,(H,73,80)/b10-7-,11-8-,19-16-,20-17-,26-24-,27-25-,30-29-,33-32-,36-35-,42-40-,51-48-,58-55+. The summed E-state index contributed by atoms with van der Waals surface area (Å²) < 4.78 is 17.6. The van der Waals surface area contributed by atoms with E-state index >= 15 is 0 Å². The highest BCUT2D eigenvalue weighted by Gasteiger charge is 2.47. The zero-order valence-electron chi connectivity index (χ0n) is 52.0. The fraction of sp³-hybridized carbons (Fsp3) is 0.639. The van der Waals surface area contributed by atoms with Gasteiger partial charge in [-0.15, -0.1) is 0 Å². The van der Waals surface area contributed by atoms with E-state index < -0.39 is 67.4 Å². The van der Waals surface area contributed by atoms with Crippen LogP contribution in [-0.2, 0) is 23.8 Å². The number of carbonyl (C=O) groups excluding carboxylic acids is 2. The third kappa shape index (κ3) is 45.6. The summed E-state index contributed by atoms with van der Waals surface area (Å²) in [4.78, 5) is 26.6. The fourth-order valence-corrected chi connectivity index (χ4v) is 9.16. The van der Waals surface area contributed by atoms with Crippen LogP contribution in [-0.4, -0.2) is 99.6 Å². The molecule has 1 aliphatic rings. The minimum Gasteiger partial charge on any atom is -0.454 e. The Morgan fingerprint density at radius 1 is 0.482 bits per heavy atom. The molecule has 0 aliphatic carbocycles. The van der Waals surface area contributed by atoms with E-state index in [-0.39, 0.29) is 19.4 Å². The molecule has 8 atom stereocenters. The Balaban J connectivity index is 2.65. The van der Waals surface area contributed by atoms with E-state index in [1.807, 2.05) is 18.2 Å². The Hall–Kier alpha value is -4.46. The van der Waals surface area contributed by atoms with Crippen molar-refractivity contribution < 1.29 is 49.3 Å². The Morgan fingerprint density at radius 2 is 0.867 bits per heavy atom. The van der Waals surface area contributed by atoms with Crippen LogP contribution in [0.4, 0.5) is 0 Å². The van der Waals surface area contributed by atoms with Gasteiger partial charge in [-0.1, -0.05) is 256 Å². The summed E-state index contributed by atoms with van der Waals surface area (Å²) in [6.07, 6.45) is 73.2. The molecule has 0 radical (unpaired) electrons. The van der Waals surface area contributed by atoms with Gasteiger partial charge in [0.05, 0.1) is 25.4 Å². The molecule has 1 fully saturated rings. The maximum absolute atomic E-state index is 13.5. The summed E-state index contributed by atoms with van der Waals surface area (Å²) in [6, 6.07) is -1.05. The number of unbranched alkanes of at least 4 members (excludes halogenated alkanes) is 17. The van der Waals surface area contributed by atoms with Crippen LogP contribution >= 0.6 is 0 Å². The van der Waals surface area contributed by atoms with Crippen molar-refractivity contribution in [2.45, 2.75) is 282 Å². The number of rotatable bonds is 53. The summed E-state index contributed by atoms with van der Waals surface area (Å²) in [5, 5.41) is 57.0. The summed E-state index contributed by atoms with van der Waals surface area (Å²) in [5.74, 6) is -1.28. The summed E-state index contributed by atoms with van der Waals surface area (Å²) in [5.41, 5.74) is 0. The smallest absolute Gasteiger partial charge is 0.306 e. The predicted molar refractivity (Wildman–Crippen MR) is 347 cm³/mol. The van der Waals surface area contributed by atoms with Crippen LogP contribution in [0.1, 0.15) is 233 Å². The van der Waals surface area contributed by atoms with Gasteiger partial charge in [0, 0.05) is 6.42 Å². The lowest BCUT2D eigenvalue weighted by molar-refractivity contribution is -0.305. The van der Waals surface area contributed by atoms with Gasteiger partial charge >= 0.3 is 5.97 Å². The van der Waals surface area contributed by atoms with Gasteiger partial charge in [0.25, 0.3) is 0 Å². The molecule has 11 nitrogen and oxygen atoms in total. The van der Waals surface area contributed by atoms with Crippen LogP contribution in [0, 0.1) is 0 Å². The number of aliphatic hydroxyl groups is 5. The highest BCUT2D eigenvalue weighted by atomic mass is 16.7. The van der Waals surface area contributed by atoms with Crippen molar-refractivity contribution in [2.24, 2.45) is 0 Å². The Kier molecular flexibility index (Phi) is 53.4. The van der Waals surface area contributed by atoms with Crippen LogP contribution in [0.3, 0.4) is 0 Å². The predicted octanol–water partition coefficient (Wildman–Crippen LogP) is 16.2. The minimum absolute atomic E-state index is 0.0363. The first-order valence-corrected chi connectivity index (χ1v) is 32.6. The largest absolute Gasteiger partial charge is 0.454 e. The monoisotopic (exact) mass is 1160 g/mol. The molecule has 470 valence electrons. The molecule has 0 bridgehead atoms. The maximum Gasteiger partial charge on any atom is 0.306 e. The number of esters is 1. The summed E-state index contributed by atoms with van der Waals surface area (Å²) >= 11 is 0. The average molecular weight is 1160 g/mol. The minimum atomic E-state index is -1.65. The van der Waals surface area contributed by atoms with Crippen molar-refractivity contribution in [3.63, 3.8) is 0 Å². The first kappa shape index (κ1) is 76.6. The van der Waals surface area contributed by atoms with Crippen LogP contribution < -0.4 is 5.32 Å². The average Bonchev–Trinajstić information content (AvgIpc) is 3.62. The third-order valence-electron chi connectivity index (χ3n) is 14.2. The van der Waals surface area contributed by atoms with Gasteiger partial charge in [0.2, 0.25) is 5.91 Å². The molecule has 6 N–H and O–H groups in total. The van der Waals surface area contributed by atoms with Crippen LogP contribution in [0.15, 0.2) is 146 Å². The second-order valence-corrected chi connectivity index (χ2v) is 21.7. The van der Waals surface area contributed by atoms with Gasteiger partial charge in [-0.25, -0.2) is 0 Å². The van der Waals surface area contributed by atoms with Crippen LogP contribution in [0.5, 0.6) is 0 Å². The van der Waals surface area contributed by atoms with Crippen molar-refractivity contribution in [3.05, 3.63) is 146 Å². The van der Waals surface area contributed by atoms with Crippen molar-refractivity contribution >= 4 is 11.9 Å². The number of amides is 1. The number of hydrogen-bond acceptors (Lipinski definition) is 10. The first-order chi connectivity index (χ1) is 40.7. The van der Waals surface area contributed by atoms with Crippen molar-refractivity contribution in [1.82, 2.24) is 5.32 Å². The van der Waals surface area contributed by atoms with E-state index in [4.69, 9.17) is 14.2 Å². The van der Waals surface area contributed by atoms with E-state index in [1.54, 1.807) is 6.08 Å². The van der Waals surface area contributed by atoms with Gasteiger partial charge in [-0.05, 0) is 116 Å². The zero-order chi connectivity index (χ0) is 60.3. The van der Waals surface area contributed by atoms with Crippen LogP contribution in [0.2, 0.25) is 0 Å². The van der Waals surface area contributed by atoms with Gasteiger partial charge in [0.1, 0.15) is 24.4 Å². The second kappa shape index (κ2) is 57.9. The Bertz CT molecular complexity index is 1910. The molecule has 1 aliphatic heterocycles. The molecule has 1 rings (SSSR count).